The number of rotatable bonds is 5. The predicted octanol–water partition coefficient (Wildman–Crippen LogP) is 2.43. The summed E-state index contributed by atoms with van der Waals surface area (Å²) in [5.41, 5.74) is 2.90. The van der Waals surface area contributed by atoms with Gasteiger partial charge in [0.05, 0.1) is 6.54 Å². The van der Waals surface area contributed by atoms with Gasteiger partial charge in [-0.3, -0.25) is 4.79 Å². The Balaban J connectivity index is 1.78. The standard InChI is InChI=1S/C16H18N2O2/c1-12-4-2-3-5-15(12)18-16(20)11-17-10-13-6-8-14(19)9-7-13/h2-9,17,19H,10-11H2,1H3,(H,18,20). The Bertz CT molecular complexity index is 579. The summed E-state index contributed by atoms with van der Waals surface area (Å²) in [5, 5.41) is 15.1. The maximum atomic E-state index is 11.8. The largest absolute Gasteiger partial charge is 0.508 e. The highest BCUT2D eigenvalue weighted by Crippen LogP contribution is 2.12. The van der Waals surface area contributed by atoms with E-state index in [1.807, 2.05) is 43.3 Å². The molecule has 0 bridgehead atoms. The van der Waals surface area contributed by atoms with Gasteiger partial charge in [-0.15, -0.1) is 0 Å². The van der Waals surface area contributed by atoms with Gasteiger partial charge in [-0.05, 0) is 36.2 Å². The average Bonchev–Trinajstić information content (AvgIpc) is 2.44. The Morgan fingerprint density at radius 1 is 1.10 bits per heavy atom. The Kier molecular flexibility index (Phi) is 4.74. The van der Waals surface area contributed by atoms with Crippen LogP contribution in [0.4, 0.5) is 5.69 Å². The molecule has 0 saturated carbocycles. The lowest BCUT2D eigenvalue weighted by Crippen LogP contribution is -2.27. The zero-order valence-corrected chi connectivity index (χ0v) is 11.4. The topological polar surface area (TPSA) is 61.4 Å². The highest BCUT2D eigenvalue weighted by atomic mass is 16.3. The van der Waals surface area contributed by atoms with Crippen LogP contribution >= 0.6 is 0 Å². The van der Waals surface area contributed by atoms with Crippen LogP contribution < -0.4 is 10.6 Å². The number of aryl methyl sites for hydroxylation is 1. The van der Waals surface area contributed by atoms with Gasteiger partial charge < -0.3 is 15.7 Å². The molecule has 20 heavy (non-hydrogen) atoms. The number of carbonyl (C=O) groups is 1. The van der Waals surface area contributed by atoms with Crippen molar-refractivity contribution in [2.75, 3.05) is 11.9 Å². The minimum atomic E-state index is -0.0712. The molecule has 1 amide bonds. The monoisotopic (exact) mass is 270 g/mol. The molecule has 3 N–H and O–H groups in total. The van der Waals surface area contributed by atoms with E-state index >= 15 is 0 Å². The van der Waals surface area contributed by atoms with Crippen molar-refractivity contribution in [2.24, 2.45) is 0 Å². The molecule has 2 rings (SSSR count). The number of hydrogen-bond acceptors (Lipinski definition) is 3. The summed E-state index contributed by atoms with van der Waals surface area (Å²) in [4.78, 5) is 11.8. The van der Waals surface area contributed by atoms with Crippen LogP contribution in [0.1, 0.15) is 11.1 Å². The molecule has 4 heteroatoms. The van der Waals surface area contributed by atoms with E-state index in [-0.39, 0.29) is 18.2 Å². The molecule has 0 aliphatic rings. The molecular formula is C16H18N2O2. The highest BCUT2D eigenvalue weighted by Gasteiger charge is 2.03. The summed E-state index contributed by atoms with van der Waals surface area (Å²) in [6.07, 6.45) is 0. The Hall–Kier alpha value is -2.33. The first kappa shape index (κ1) is 14.1. The number of benzene rings is 2. The average molecular weight is 270 g/mol. The minimum Gasteiger partial charge on any atom is -0.508 e. The summed E-state index contributed by atoms with van der Waals surface area (Å²) in [7, 11) is 0. The maximum absolute atomic E-state index is 11.8. The fraction of sp³-hybridized carbons (Fsp3) is 0.188. The fourth-order valence-electron chi connectivity index (χ4n) is 1.84. The van der Waals surface area contributed by atoms with Crippen molar-refractivity contribution in [1.29, 1.82) is 0 Å². The quantitative estimate of drug-likeness (QED) is 0.782. The van der Waals surface area contributed by atoms with E-state index < -0.39 is 0 Å². The lowest BCUT2D eigenvalue weighted by molar-refractivity contribution is -0.115. The summed E-state index contributed by atoms with van der Waals surface area (Å²) in [5.74, 6) is 0.170. The number of anilines is 1. The molecule has 0 atom stereocenters. The molecule has 0 spiro atoms. The van der Waals surface area contributed by atoms with Gasteiger partial charge in [0.25, 0.3) is 0 Å². The van der Waals surface area contributed by atoms with E-state index in [2.05, 4.69) is 10.6 Å². The molecule has 0 heterocycles. The van der Waals surface area contributed by atoms with E-state index in [1.54, 1.807) is 12.1 Å². The molecule has 0 fully saturated rings. The first-order valence-corrected chi connectivity index (χ1v) is 6.49. The van der Waals surface area contributed by atoms with E-state index in [1.165, 1.54) is 0 Å². The van der Waals surface area contributed by atoms with Gasteiger partial charge in [-0.1, -0.05) is 30.3 Å². The highest BCUT2D eigenvalue weighted by molar-refractivity contribution is 5.92. The van der Waals surface area contributed by atoms with Crippen molar-refractivity contribution < 1.29 is 9.90 Å². The van der Waals surface area contributed by atoms with Crippen LogP contribution in [-0.4, -0.2) is 17.6 Å². The molecule has 104 valence electrons. The van der Waals surface area contributed by atoms with Crippen LogP contribution in [0.2, 0.25) is 0 Å². The molecule has 2 aromatic rings. The first-order valence-electron chi connectivity index (χ1n) is 6.49. The number of para-hydroxylation sites is 1. The van der Waals surface area contributed by atoms with Gasteiger partial charge in [-0.2, -0.15) is 0 Å². The molecule has 2 aromatic carbocycles. The third kappa shape index (κ3) is 4.10. The van der Waals surface area contributed by atoms with E-state index in [9.17, 15) is 9.90 Å². The molecule has 0 saturated heterocycles. The van der Waals surface area contributed by atoms with E-state index in [0.717, 1.165) is 16.8 Å². The predicted molar refractivity (Wildman–Crippen MR) is 79.6 cm³/mol. The van der Waals surface area contributed by atoms with Crippen LogP contribution in [-0.2, 0) is 11.3 Å². The van der Waals surface area contributed by atoms with E-state index in [0.29, 0.717) is 6.54 Å². The summed E-state index contributed by atoms with van der Waals surface area (Å²) < 4.78 is 0. The summed E-state index contributed by atoms with van der Waals surface area (Å²) >= 11 is 0. The van der Waals surface area contributed by atoms with Crippen LogP contribution in [0.25, 0.3) is 0 Å². The van der Waals surface area contributed by atoms with Crippen molar-refractivity contribution in [3.8, 4) is 5.75 Å². The second-order valence-corrected chi connectivity index (χ2v) is 4.63. The van der Waals surface area contributed by atoms with Crippen molar-refractivity contribution in [2.45, 2.75) is 13.5 Å². The third-order valence-electron chi connectivity index (χ3n) is 2.97. The maximum Gasteiger partial charge on any atom is 0.238 e. The number of amides is 1. The Labute approximate surface area is 118 Å². The smallest absolute Gasteiger partial charge is 0.238 e. The lowest BCUT2D eigenvalue weighted by atomic mass is 10.2. The first-order chi connectivity index (χ1) is 9.65. The van der Waals surface area contributed by atoms with Gasteiger partial charge in [0, 0.05) is 12.2 Å². The molecule has 0 radical (unpaired) electrons. The van der Waals surface area contributed by atoms with Crippen molar-refractivity contribution in [3.63, 3.8) is 0 Å². The van der Waals surface area contributed by atoms with Crippen molar-refractivity contribution in [1.82, 2.24) is 5.32 Å². The van der Waals surface area contributed by atoms with Gasteiger partial charge in [0.15, 0.2) is 0 Å². The molecule has 0 aliphatic heterocycles. The third-order valence-corrected chi connectivity index (χ3v) is 2.97. The van der Waals surface area contributed by atoms with Gasteiger partial charge >= 0.3 is 0 Å². The number of phenols is 1. The normalized spacial score (nSPS) is 10.2. The van der Waals surface area contributed by atoms with Gasteiger partial charge in [0.1, 0.15) is 5.75 Å². The van der Waals surface area contributed by atoms with Crippen LogP contribution in [0.15, 0.2) is 48.5 Å². The molecule has 4 nitrogen and oxygen atoms in total. The Morgan fingerprint density at radius 2 is 1.80 bits per heavy atom. The van der Waals surface area contributed by atoms with E-state index in [4.69, 9.17) is 0 Å². The number of phenolic OH excluding ortho intramolecular Hbond substituents is 1. The summed E-state index contributed by atoms with van der Waals surface area (Å²) in [6.45, 7) is 2.79. The number of aromatic hydroxyl groups is 1. The zero-order valence-electron chi connectivity index (χ0n) is 11.4. The van der Waals surface area contributed by atoms with Gasteiger partial charge in [-0.25, -0.2) is 0 Å². The molecule has 0 unspecified atom stereocenters. The van der Waals surface area contributed by atoms with Crippen LogP contribution in [0, 0.1) is 6.92 Å². The molecular weight excluding hydrogens is 252 g/mol. The summed E-state index contributed by atoms with van der Waals surface area (Å²) in [6, 6.07) is 14.6. The van der Waals surface area contributed by atoms with Crippen LogP contribution in [0.5, 0.6) is 5.75 Å². The Morgan fingerprint density at radius 3 is 2.50 bits per heavy atom. The van der Waals surface area contributed by atoms with Crippen LogP contribution in [0.3, 0.4) is 0 Å². The zero-order chi connectivity index (χ0) is 14.4. The SMILES string of the molecule is Cc1ccccc1NC(=O)CNCc1ccc(O)cc1. The van der Waals surface area contributed by atoms with Gasteiger partial charge in [0.2, 0.25) is 5.91 Å². The second-order valence-electron chi connectivity index (χ2n) is 4.63. The van der Waals surface area contributed by atoms with Crippen molar-refractivity contribution in [3.05, 3.63) is 59.7 Å². The number of nitrogens with one attached hydrogen (secondary N) is 2. The van der Waals surface area contributed by atoms with Crippen molar-refractivity contribution >= 4 is 11.6 Å². The lowest BCUT2D eigenvalue weighted by Gasteiger charge is -2.09. The number of carbonyl (C=O) groups excluding carboxylic acids is 1. The second kappa shape index (κ2) is 6.73. The molecule has 0 aromatic heterocycles. The fourth-order valence-corrected chi connectivity index (χ4v) is 1.84. The minimum absolute atomic E-state index is 0.0712. The number of hydrogen-bond donors (Lipinski definition) is 3. The molecule has 0 aliphatic carbocycles.